The van der Waals surface area contributed by atoms with Crippen LogP contribution in [0, 0.1) is 5.92 Å². The molecule has 8 nitrogen and oxygen atoms in total. The Labute approximate surface area is 213 Å². The predicted molar refractivity (Wildman–Crippen MR) is 139 cm³/mol. The Bertz CT molecular complexity index is 974. The molecule has 1 aliphatic heterocycles. The molecule has 8 heteroatoms. The van der Waals surface area contributed by atoms with Crippen LogP contribution in [0.3, 0.4) is 0 Å². The summed E-state index contributed by atoms with van der Waals surface area (Å²) in [6, 6.07) is 15.7. The number of carbonyl (C=O) groups is 1. The number of aliphatic hydroxyl groups is 1. The molecule has 0 bridgehead atoms. The number of hydrazone groups is 1. The highest BCUT2D eigenvalue weighted by atomic mass is 16.5. The SMILES string of the molecule is O=C1CCC(c2ccc(OCCCNCC(O)COc3ccc(CCOCC4CC4)cc3)cc2)=NN1. The standard InChI is InChI=1S/C28H37N3O5/c32-24(20-36-26-8-4-21(5-9-26)14-17-34-19-22-2-3-22)18-29-15-1-16-35-25-10-6-23(7-11-25)27-12-13-28(33)31-30-27/h4-11,22,24,29,32H,1-3,12-20H2,(H,31,33). The van der Waals surface area contributed by atoms with Gasteiger partial charge in [0.2, 0.25) is 5.91 Å². The largest absolute Gasteiger partial charge is 0.494 e. The summed E-state index contributed by atoms with van der Waals surface area (Å²) < 4.78 is 17.2. The molecule has 194 valence electrons. The van der Waals surface area contributed by atoms with Gasteiger partial charge in [0.05, 0.1) is 18.9 Å². The van der Waals surface area contributed by atoms with Gasteiger partial charge in [-0.15, -0.1) is 0 Å². The van der Waals surface area contributed by atoms with Gasteiger partial charge in [0.15, 0.2) is 0 Å². The minimum atomic E-state index is -0.582. The van der Waals surface area contributed by atoms with Gasteiger partial charge in [-0.1, -0.05) is 12.1 Å². The average Bonchev–Trinajstić information content (AvgIpc) is 3.73. The smallest absolute Gasteiger partial charge is 0.240 e. The van der Waals surface area contributed by atoms with Gasteiger partial charge in [-0.05, 0) is 85.7 Å². The summed E-state index contributed by atoms with van der Waals surface area (Å²) in [5, 5.41) is 17.5. The van der Waals surface area contributed by atoms with Crippen molar-refractivity contribution in [3.05, 3.63) is 59.7 Å². The van der Waals surface area contributed by atoms with Crippen molar-refractivity contribution in [3.63, 3.8) is 0 Å². The molecule has 4 rings (SSSR count). The fourth-order valence-electron chi connectivity index (χ4n) is 3.81. The zero-order chi connectivity index (χ0) is 25.0. The topological polar surface area (TPSA) is 101 Å². The molecule has 36 heavy (non-hydrogen) atoms. The van der Waals surface area contributed by atoms with Crippen LogP contribution in [0.15, 0.2) is 53.6 Å². The van der Waals surface area contributed by atoms with Crippen LogP contribution < -0.4 is 20.2 Å². The minimum Gasteiger partial charge on any atom is -0.494 e. The van der Waals surface area contributed by atoms with Crippen LogP contribution in [-0.2, 0) is 16.0 Å². The van der Waals surface area contributed by atoms with Crippen molar-refractivity contribution in [2.75, 3.05) is 39.5 Å². The molecule has 2 aliphatic rings. The summed E-state index contributed by atoms with van der Waals surface area (Å²) in [6.45, 7) is 3.68. The number of benzene rings is 2. The lowest BCUT2D eigenvalue weighted by Crippen LogP contribution is -2.32. The highest BCUT2D eigenvalue weighted by molar-refractivity contribution is 6.04. The molecule has 2 aromatic rings. The molecule has 0 aromatic heterocycles. The number of carbonyl (C=O) groups excluding carboxylic acids is 1. The number of nitrogens with one attached hydrogen (secondary N) is 2. The zero-order valence-corrected chi connectivity index (χ0v) is 20.8. The number of hydrogen-bond acceptors (Lipinski definition) is 7. The van der Waals surface area contributed by atoms with Crippen LogP contribution in [0.25, 0.3) is 0 Å². The van der Waals surface area contributed by atoms with Crippen molar-refractivity contribution in [1.29, 1.82) is 0 Å². The molecule has 0 radical (unpaired) electrons. The van der Waals surface area contributed by atoms with E-state index >= 15 is 0 Å². The van der Waals surface area contributed by atoms with E-state index in [2.05, 4.69) is 28.0 Å². The van der Waals surface area contributed by atoms with Crippen LogP contribution in [0.4, 0.5) is 0 Å². The summed E-state index contributed by atoms with van der Waals surface area (Å²) in [7, 11) is 0. The minimum absolute atomic E-state index is 0.0436. The van der Waals surface area contributed by atoms with Gasteiger partial charge >= 0.3 is 0 Å². The van der Waals surface area contributed by atoms with Crippen LogP contribution >= 0.6 is 0 Å². The number of amides is 1. The van der Waals surface area contributed by atoms with E-state index in [9.17, 15) is 9.90 Å². The number of aliphatic hydroxyl groups excluding tert-OH is 1. The third kappa shape index (κ3) is 9.26. The summed E-state index contributed by atoms with van der Waals surface area (Å²) in [6.07, 6.45) is 4.90. The van der Waals surface area contributed by atoms with Gasteiger partial charge in [-0.2, -0.15) is 5.10 Å². The van der Waals surface area contributed by atoms with E-state index in [-0.39, 0.29) is 12.5 Å². The first-order valence-electron chi connectivity index (χ1n) is 12.9. The van der Waals surface area contributed by atoms with Crippen molar-refractivity contribution in [3.8, 4) is 11.5 Å². The molecular formula is C28H37N3O5. The van der Waals surface area contributed by atoms with Crippen molar-refractivity contribution >= 4 is 11.6 Å². The Balaban J connectivity index is 1.02. The third-order valence-corrected chi connectivity index (χ3v) is 6.19. The van der Waals surface area contributed by atoms with Gasteiger partial charge in [0.1, 0.15) is 24.2 Å². The molecule has 1 aliphatic carbocycles. The first-order valence-corrected chi connectivity index (χ1v) is 12.9. The summed E-state index contributed by atoms with van der Waals surface area (Å²) >= 11 is 0. The lowest BCUT2D eigenvalue weighted by atomic mass is 10.0. The average molecular weight is 496 g/mol. The van der Waals surface area contributed by atoms with E-state index in [1.165, 1.54) is 18.4 Å². The third-order valence-electron chi connectivity index (χ3n) is 6.19. The maximum atomic E-state index is 11.2. The fourth-order valence-corrected chi connectivity index (χ4v) is 3.81. The zero-order valence-electron chi connectivity index (χ0n) is 20.8. The van der Waals surface area contributed by atoms with Crippen LogP contribution in [0.1, 0.15) is 43.2 Å². The van der Waals surface area contributed by atoms with E-state index in [0.29, 0.717) is 26.0 Å². The summed E-state index contributed by atoms with van der Waals surface area (Å²) in [5.41, 5.74) is 5.62. The molecule has 1 amide bonds. The predicted octanol–water partition coefficient (Wildman–Crippen LogP) is 3.07. The maximum Gasteiger partial charge on any atom is 0.240 e. The first-order chi connectivity index (χ1) is 17.7. The van der Waals surface area contributed by atoms with Crippen LogP contribution in [0.2, 0.25) is 0 Å². The highest BCUT2D eigenvalue weighted by Gasteiger charge is 2.20. The monoisotopic (exact) mass is 495 g/mol. The Morgan fingerprint density at radius 3 is 2.47 bits per heavy atom. The van der Waals surface area contributed by atoms with E-state index in [1.807, 2.05) is 36.4 Å². The molecule has 0 spiro atoms. The first kappa shape index (κ1) is 26.1. The molecule has 3 N–H and O–H groups in total. The second-order valence-electron chi connectivity index (χ2n) is 9.40. The van der Waals surface area contributed by atoms with Gasteiger partial charge in [0.25, 0.3) is 0 Å². The molecule has 1 heterocycles. The number of nitrogens with zero attached hydrogens (tertiary/aromatic N) is 1. The Morgan fingerprint density at radius 2 is 1.75 bits per heavy atom. The van der Waals surface area contributed by atoms with Gasteiger partial charge < -0.3 is 24.6 Å². The molecule has 1 atom stereocenters. The van der Waals surface area contributed by atoms with Crippen LogP contribution in [0.5, 0.6) is 11.5 Å². The number of hydrogen-bond donors (Lipinski definition) is 3. The van der Waals surface area contributed by atoms with Crippen LogP contribution in [-0.4, -0.2) is 62.3 Å². The number of ether oxygens (including phenoxy) is 3. The van der Waals surface area contributed by atoms with E-state index < -0.39 is 6.10 Å². The molecule has 1 unspecified atom stereocenters. The highest BCUT2D eigenvalue weighted by Crippen LogP contribution is 2.28. The van der Waals surface area contributed by atoms with Crippen molar-refractivity contribution in [2.45, 2.75) is 44.6 Å². The lowest BCUT2D eigenvalue weighted by Gasteiger charge is -2.14. The lowest BCUT2D eigenvalue weighted by molar-refractivity contribution is -0.121. The molecule has 1 fully saturated rings. The molecular weight excluding hydrogens is 458 g/mol. The molecule has 1 saturated carbocycles. The number of rotatable bonds is 16. The quantitative estimate of drug-likeness (QED) is 0.310. The Kier molecular flexibility index (Phi) is 10.1. The second kappa shape index (κ2) is 14.0. The molecule has 0 saturated heterocycles. The Hall–Kier alpha value is -2.94. The fraction of sp³-hybridized carbons (Fsp3) is 0.500. The van der Waals surface area contributed by atoms with E-state index in [4.69, 9.17) is 14.2 Å². The van der Waals surface area contributed by atoms with E-state index in [1.54, 1.807) is 0 Å². The summed E-state index contributed by atoms with van der Waals surface area (Å²) in [5.74, 6) is 2.31. The van der Waals surface area contributed by atoms with Crippen molar-refractivity contribution < 1.29 is 24.1 Å². The van der Waals surface area contributed by atoms with Gasteiger partial charge in [-0.3, -0.25) is 4.79 Å². The van der Waals surface area contributed by atoms with Gasteiger partial charge in [-0.25, -0.2) is 5.43 Å². The van der Waals surface area contributed by atoms with Gasteiger partial charge in [0, 0.05) is 26.0 Å². The maximum absolute atomic E-state index is 11.2. The second-order valence-corrected chi connectivity index (χ2v) is 9.40. The van der Waals surface area contributed by atoms with E-state index in [0.717, 1.165) is 61.3 Å². The summed E-state index contributed by atoms with van der Waals surface area (Å²) in [4.78, 5) is 11.2. The Morgan fingerprint density at radius 1 is 1.00 bits per heavy atom. The van der Waals surface area contributed by atoms with Crippen molar-refractivity contribution in [2.24, 2.45) is 11.0 Å². The van der Waals surface area contributed by atoms with Crippen molar-refractivity contribution in [1.82, 2.24) is 10.7 Å². The molecule has 2 aromatic carbocycles. The normalized spacial score (nSPS) is 16.2.